The van der Waals surface area contributed by atoms with Crippen LogP contribution in [0.15, 0.2) is 95.7 Å². The maximum atomic E-state index is 11.5. The lowest BCUT2D eigenvalue weighted by molar-refractivity contribution is 0.0273. The third-order valence-electron chi connectivity index (χ3n) is 4.26. The summed E-state index contributed by atoms with van der Waals surface area (Å²) in [6.45, 7) is 0. The molecule has 4 rings (SSSR count). The smallest absolute Gasteiger partial charge is 0.216 e. The van der Waals surface area contributed by atoms with Gasteiger partial charge in [0.25, 0.3) is 0 Å². The molecule has 1 aliphatic rings. The monoisotopic (exact) mass is 409 g/mol. The Balaban J connectivity index is 1.40. The predicted molar refractivity (Wildman–Crippen MR) is 108 cm³/mol. The molecule has 0 amide bonds. The van der Waals surface area contributed by atoms with E-state index >= 15 is 0 Å². The molecule has 0 saturated heterocycles. The summed E-state index contributed by atoms with van der Waals surface area (Å²) in [5, 5.41) is 0. The standard InChI is InChI=1S/C22H19NO5S/c1-29(24,25)20-13-11-19(12-14-20)27-22-15-21(28-23-22)16-7-9-18(10-8-16)26-17-5-3-2-4-6-17/h2-15,21,23H,1H3/t21-/m0/s1. The quantitative estimate of drug-likeness (QED) is 0.651. The van der Waals surface area contributed by atoms with Crippen molar-refractivity contribution in [3.05, 3.63) is 96.4 Å². The van der Waals surface area contributed by atoms with E-state index in [1.807, 2.05) is 54.6 Å². The van der Waals surface area contributed by atoms with Gasteiger partial charge in [-0.1, -0.05) is 30.3 Å². The lowest BCUT2D eigenvalue weighted by Crippen LogP contribution is -2.12. The topological polar surface area (TPSA) is 73.9 Å². The number of hydroxylamine groups is 1. The van der Waals surface area contributed by atoms with Gasteiger partial charge in [0, 0.05) is 12.3 Å². The fraction of sp³-hybridized carbons (Fsp3) is 0.0909. The van der Waals surface area contributed by atoms with Crippen molar-refractivity contribution in [1.29, 1.82) is 0 Å². The van der Waals surface area contributed by atoms with Gasteiger partial charge in [0.15, 0.2) is 9.84 Å². The highest BCUT2D eigenvalue weighted by atomic mass is 32.2. The third-order valence-corrected chi connectivity index (χ3v) is 5.38. The zero-order valence-corrected chi connectivity index (χ0v) is 16.4. The van der Waals surface area contributed by atoms with E-state index in [4.69, 9.17) is 14.3 Å². The van der Waals surface area contributed by atoms with E-state index in [0.29, 0.717) is 11.6 Å². The first-order valence-electron chi connectivity index (χ1n) is 8.92. The first kappa shape index (κ1) is 19.0. The highest BCUT2D eigenvalue weighted by Gasteiger charge is 2.20. The lowest BCUT2D eigenvalue weighted by atomic mass is 10.1. The molecule has 3 aromatic carbocycles. The molecule has 1 N–H and O–H groups in total. The third kappa shape index (κ3) is 4.77. The number of benzene rings is 3. The Morgan fingerprint density at radius 2 is 1.38 bits per heavy atom. The molecule has 0 radical (unpaired) electrons. The second kappa shape index (κ2) is 7.98. The molecule has 0 spiro atoms. The number of sulfone groups is 1. The fourth-order valence-electron chi connectivity index (χ4n) is 2.78. The number of para-hydroxylation sites is 1. The zero-order chi connectivity index (χ0) is 20.3. The Morgan fingerprint density at radius 1 is 0.793 bits per heavy atom. The van der Waals surface area contributed by atoms with Crippen LogP contribution >= 0.6 is 0 Å². The summed E-state index contributed by atoms with van der Waals surface area (Å²) < 4.78 is 34.5. The summed E-state index contributed by atoms with van der Waals surface area (Å²) in [7, 11) is -3.24. The highest BCUT2D eigenvalue weighted by molar-refractivity contribution is 7.90. The average Bonchev–Trinajstić information content (AvgIpc) is 3.17. The normalized spacial score (nSPS) is 16.0. The molecule has 6 nitrogen and oxygen atoms in total. The van der Waals surface area contributed by atoms with Gasteiger partial charge >= 0.3 is 0 Å². The number of hydrogen-bond acceptors (Lipinski definition) is 6. The van der Waals surface area contributed by atoms with Crippen LogP contribution in [0, 0.1) is 0 Å². The van der Waals surface area contributed by atoms with Crippen LogP contribution in [-0.4, -0.2) is 14.7 Å². The average molecular weight is 409 g/mol. The number of rotatable bonds is 6. The molecule has 0 aliphatic carbocycles. The van der Waals surface area contributed by atoms with Gasteiger partial charge in [0.2, 0.25) is 5.88 Å². The molecule has 0 aromatic heterocycles. The summed E-state index contributed by atoms with van der Waals surface area (Å²) in [6.07, 6.45) is 2.65. The maximum absolute atomic E-state index is 11.5. The van der Waals surface area contributed by atoms with Crippen LogP contribution in [-0.2, 0) is 14.7 Å². The number of hydrogen-bond donors (Lipinski definition) is 1. The molecule has 0 bridgehead atoms. The molecule has 7 heteroatoms. The van der Waals surface area contributed by atoms with Gasteiger partial charge in [-0.2, -0.15) is 0 Å². The van der Waals surface area contributed by atoms with Gasteiger partial charge in [0.05, 0.1) is 4.90 Å². The summed E-state index contributed by atoms with van der Waals surface area (Å²) >= 11 is 0. The molecule has 0 fully saturated rings. The summed E-state index contributed by atoms with van der Waals surface area (Å²) in [5.74, 6) is 2.45. The molecule has 0 unspecified atom stereocenters. The Kier molecular flexibility index (Phi) is 5.24. The Hall–Kier alpha value is -3.29. The van der Waals surface area contributed by atoms with Gasteiger partial charge < -0.3 is 9.47 Å². The molecule has 148 valence electrons. The zero-order valence-electron chi connectivity index (χ0n) is 15.6. The van der Waals surface area contributed by atoms with E-state index in [1.165, 1.54) is 18.4 Å². The van der Waals surface area contributed by atoms with E-state index in [-0.39, 0.29) is 11.0 Å². The molecule has 0 saturated carbocycles. The molecule has 1 heterocycles. The minimum atomic E-state index is -3.24. The van der Waals surface area contributed by atoms with Crippen LogP contribution < -0.4 is 15.0 Å². The second-order valence-electron chi connectivity index (χ2n) is 6.50. The lowest BCUT2D eigenvalue weighted by Gasteiger charge is -2.09. The molecule has 1 aliphatic heterocycles. The maximum Gasteiger partial charge on any atom is 0.216 e. The number of nitrogens with one attached hydrogen (secondary N) is 1. The van der Waals surface area contributed by atoms with Gasteiger partial charge in [-0.15, -0.1) is 0 Å². The van der Waals surface area contributed by atoms with Crippen molar-refractivity contribution in [1.82, 2.24) is 5.48 Å². The summed E-state index contributed by atoms with van der Waals surface area (Å²) in [6, 6.07) is 23.4. The largest absolute Gasteiger partial charge is 0.457 e. The Morgan fingerprint density at radius 3 is 2.03 bits per heavy atom. The molecular formula is C22H19NO5S. The van der Waals surface area contributed by atoms with Crippen molar-refractivity contribution in [2.75, 3.05) is 6.26 Å². The Bertz CT molecular complexity index is 1110. The molecular weight excluding hydrogens is 390 g/mol. The predicted octanol–water partition coefficient (Wildman–Crippen LogP) is 4.38. The van der Waals surface area contributed by atoms with Gasteiger partial charge in [-0.05, 0) is 54.1 Å². The van der Waals surface area contributed by atoms with Crippen molar-refractivity contribution in [2.45, 2.75) is 11.0 Å². The van der Waals surface area contributed by atoms with Crippen LogP contribution in [0.5, 0.6) is 17.2 Å². The first-order valence-corrected chi connectivity index (χ1v) is 10.8. The van der Waals surface area contributed by atoms with E-state index in [1.54, 1.807) is 18.2 Å². The second-order valence-corrected chi connectivity index (χ2v) is 8.52. The van der Waals surface area contributed by atoms with Crippen molar-refractivity contribution < 1.29 is 22.7 Å². The number of ether oxygens (including phenoxy) is 2. The minimum Gasteiger partial charge on any atom is -0.457 e. The van der Waals surface area contributed by atoms with Gasteiger partial charge in [0.1, 0.15) is 23.4 Å². The molecule has 1 atom stereocenters. The summed E-state index contributed by atoms with van der Waals surface area (Å²) in [5.41, 5.74) is 3.68. The first-order chi connectivity index (χ1) is 14.0. The fourth-order valence-corrected chi connectivity index (χ4v) is 3.41. The van der Waals surface area contributed by atoms with Crippen LogP contribution in [0.3, 0.4) is 0 Å². The molecule has 3 aromatic rings. The highest BCUT2D eigenvalue weighted by Crippen LogP contribution is 2.28. The minimum absolute atomic E-state index is 0.241. The Labute approximate surface area is 169 Å². The van der Waals surface area contributed by atoms with Crippen LogP contribution in [0.2, 0.25) is 0 Å². The van der Waals surface area contributed by atoms with E-state index < -0.39 is 9.84 Å². The summed E-state index contributed by atoms with van der Waals surface area (Å²) in [4.78, 5) is 5.80. The SMILES string of the molecule is CS(=O)(=O)c1ccc(OC2=C[C@@H](c3ccc(Oc4ccccc4)cc3)ON2)cc1. The van der Waals surface area contributed by atoms with Gasteiger partial charge in [-0.3, -0.25) is 4.84 Å². The van der Waals surface area contributed by atoms with E-state index in [0.717, 1.165) is 17.1 Å². The van der Waals surface area contributed by atoms with Crippen LogP contribution in [0.1, 0.15) is 11.7 Å². The van der Waals surface area contributed by atoms with E-state index in [2.05, 4.69) is 5.48 Å². The van der Waals surface area contributed by atoms with Crippen molar-refractivity contribution in [2.24, 2.45) is 0 Å². The van der Waals surface area contributed by atoms with Crippen molar-refractivity contribution in [3.8, 4) is 17.2 Å². The van der Waals surface area contributed by atoms with E-state index in [9.17, 15) is 8.42 Å². The van der Waals surface area contributed by atoms with Gasteiger partial charge in [-0.25, -0.2) is 13.9 Å². The van der Waals surface area contributed by atoms with Crippen LogP contribution in [0.4, 0.5) is 0 Å². The molecule has 29 heavy (non-hydrogen) atoms. The van der Waals surface area contributed by atoms with Crippen LogP contribution in [0.25, 0.3) is 0 Å². The van der Waals surface area contributed by atoms with Crippen molar-refractivity contribution in [3.63, 3.8) is 0 Å². The van der Waals surface area contributed by atoms with Crippen molar-refractivity contribution >= 4 is 9.84 Å².